The topological polar surface area (TPSA) is 42.1 Å². The van der Waals surface area contributed by atoms with Crippen LogP contribution in [0, 0.1) is 0 Å². The zero-order valence-electron chi connectivity index (χ0n) is 10.3. The molecule has 1 fully saturated rings. The first-order valence-electron chi connectivity index (χ1n) is 6.40. The fourth-order valence-electron chi connectivity index (χ4n) is 2.35. The van der Waals surface area contributed by atoms with Gasteiger partial charge in [0.15, 0.2) is 5.13 Å². The summed E-state index contributed by atoms with van der Waals surface area (Å²) in [6.07, 6.45) is 3.91. The molecule has 2 N–H and O–H groups in total. The van der Waals surface area contributed by atoms with E-state index in [0.29, 0.717) is 0 Å². The van der Waals surface area contributed by atoms with Gasteiger partial charge < -0.3 is 10.6 Å². The maximum Gasteiger partial charge on any atom is 0.185 e. The molecule has 0 spiro atoms. The molecule has 0 bridgehead atoms. The van der Waals surface area contributed by atoms with Crippen molar-refractivity contribution in [3.63, 3.8) is 0 Å². The van der Waals surface area contributed by atoms with Crippen molar-refractivity contribution in [2.45, 2.75) is 19.3 Å². The number of nitrogens with two attached hydrogens (primary N) is 1. The van der Waals surface area contributed by atoms with E-state index in [9.17, 15) is 0 Å². The SMILES string of the molecule is Nc1ccccc1-c1csc(N2CCCCC2)n1. The second-order valence-corrected chi connectivity index (χ2v) is 5.49. The number of nitrogen functional groups attached to an aromatic ring is 1. The van der Waals surface area contributed by atoms with E-state index < -0.39 is 0 Å². The predicted octanol–water partition coefficient (Wildman–Crippen LogP) is 3.38. The van der Waals surface area contributed by atoms with E-state index in [4.69, 9.17) is 10.7 Å². The lowest BCUT2D eigenvalue weighted by Gasteiger charge is -2.25. The van der Waals surface area contributed by atoms with Crippen LogP contribution in [0.1, 0.15) is 19.3 Å². The highest BCUT2D eigenvalue weighted by Gasteiger charge is 2.15. The Morgan fingerprint density at radius 3 is 2.67 bits per heavy atom. The summed E-state index contributed by atoms with van der Waals surface area (Å²) in [6, 6.07) is 7.92. The summed E-state index contributed by atoms with van der Waals surface area (Å²) in [4.78, 5) is 7.12. The number of hydrogen-bond donors (Lipinski definition) is 1. The summed E-state index contributed by atoms with van der Waals surface area (Å²) in [6.45, 7) is 2.27. The first-order chi connectivity index (χ1) is 8.84. The summed E-state index contributed by atoms with van der Waals surface area (Å²) in [5.41, 5.74) is 8.83. The Labute approximate surface area is 111 Å². The molecule has 3 rings (SSSR count). The maximum absolute atomic E-state index is 5.99. The van der Waals surface area contributed by atoms with Gasteiger partial charge in [0, 0.05) is 29.7 Å². The van der Waals surface area contributed by atoms with Gasteiger partial charge in [-0.1, -0.05) is 18.2 Å². The van der Waals surface area contributed by atoms with Crippen molar-refractivity contribution in [2.75, 3.05) is 23.7 Å². The second kappa shape index (κ2) is 4.98. The van der Waals surface area contributed by atoms with Gasteiger partial charge in [-0.05, 0) is 25.3 Å². The highest BCUT2D eigenvalue weighted by atomic mass is 32.1. The molecule has 1 aliphatic heterocycles. The van der Waals surface area contributed by atoms with E-state index in [1.54, 1.807) is 11.3 Å². The fraction of sp³-hybridized carbons (Fsp3) is 0.357. The Morgan fingerprint density at radius 2 is 1.89 bits per heavy atom. The summed E-state index contributed by atoms with van der Waals surface area (Å²) < 4.78 is 0. The molecule has 0 unspecified atom stereocenters. The van der Waals surface area contributed by atoms with Crippen LogP contribution in [0.2, 0.25) is 0 Å². The number of hydrogen-bond acceptors (Lipinski definition) is 4. The van der Waals surface area contributed by atoms with Gasteiger partial charge in [0.1, 0.15) is 0 Å². The number of nitrogens with zero attached hydrogens (tertiary/aromatic N) is 2. The first kappa shape index (κ1) is 11.5. The van der Waals surface area contributed by atoms with Crippen molar-refractivity contribution in [1.29, 1.82) is 0 Å². The number of rotatable bonds is 2. The molecule has 1 aromatic heterocycles. The van der Waals surface area contributed by atoms with E-state index in [0.717, 1.165) is 35.2 Å². The molecule has 0 atom stereocenters. The molecule has 0 saturated carbocycles. The van der Waals surface area contributed by atoms with Crippen LogP contribution in [0.25, 0.3) is 11.3 Å². The zero-order chi connectivity index (χ0) is 12.4. The van der Waals surface area contributed by atoms with Gasteiger partial charge in [-0.25, -0.2) is 4.98 Å². The molecule has 4 heteroatoms. The molecule has 1 aliphatic rings. The van der Waals surface area contributed by atoms with E-state index in [-0.39, 0.29) is 0 Å². The molecule has 1 saturated heterocycles. The second-order valence-electron chi connectivity index (χ2n) is 4.65. The molecular weight excluding hydrogens is 242 g/mol. The highest BCUT2D eigenvalue weighted by Crippen LogP contribution is 2.31. The molecule has 0 radical (unpaired) electrons. The van der Waals surface area contributed by atoms with Crippen LogP contribution in [0.4, 0.5) is 10.8 Å². The minimum Gasteiger partial charge on any atom is -0.398 e. The average Bonchev–Trinajstić information content (AvgIpc) is 2.90. The molecule has 18 heavy (non-hydrogen) atoms. The van der Waals surface area contributed by atoms with E-state index in [2.05, 4.69) is 10.3 Å². The van der Waals surface area contributed by atoms with Crippen LogP contribution in [0.5, 0.6) is 0 Å². The maximum atomic E-state index is 5.99. The van der Waals surface area contributed by atoms with Gasteiger partial charge >= 0.3 is 0 Å². The minimum absolute atomic E-state index is 0.799. The van der Waals surface area contributed by atoms with Crippen molar-refractivity contribution in [2.24, 2.45) is 0 Å². The van der Waals surface area contributed by atoms with Crippen LogP contribution in [-0.4, -0.2) is 18.1 Å². The molecule has 1 aromatic carbocycles. The van der Waals surface area contributed by atoms with Crippen molar-refractivity contribution in [1.82, 2.24) is 4.98 Å². The van der Waals surface area contributed by atoms with Gasteiger partial charge in [-0.15, -0.1) is 11.3 Å². The summed E-state index contributed by atoms with van der Waals surface area (Å²) in [7, 11) is 0. The molecule has 0 amide bonds. The third-order valence-electron chi connectivity index (χ3n) is 3.36. The van der Waals surface area contributed by atoms with Crippen molar-refractivity contribution < 1.29 is 0 Å². The summed E-state index contributed by atoms with van der Waals surface area (Å²) >= 11 is 1.72. The Bertz CT molecular complexity index is 529. The largest absolute Gasteiger partial charge is 0.398 e. The standard InChI is InChI=1S/C14H17N3S/c15-12-7-3-2-6-11(12)13-10-18-14(16-13)17-8-4-1-5-9-17/h2-3,6-7,10H,1,4-5,8-9,15H2. The van der Waals surface area contributed by atoms with Crippen molar-refractivity contribution in [3.8, 4) is 11.3 Å². The van der Waals surface area contributed by atoms with Gasteiger partial charge in [-0.3, -0.25) is 0 Å². The third-order valence-corrected chi connectivity index (χ3v) is 4.26. The predicted molar refractivity (Wildman–Crippen MR) is 78.0 cm³/mol. The van der Waals surface area contributed by atoms with Gasteiger partial charge in [0.2, 0.25) is 0 Å². The Hall–Kier alpha value is -1.55. The number of anilines is 2. The van der Waals surface area contributed by atoms with E-state index in [1.165, 1.54) is 19.3 Å². The number of benzene rings is 1. The molecule has 2 heterocycles. The molecular formula is C14H17N3S. The lowest BCUT2D eigenvalue weighted by Crippen LogP contribution is -2.29. The Balaban J connectivity index is 1.87. The van der Waals surface area contributed by atoms with Gasteiger partial charge in [-0.2, -0.15) is 0 Å². The Kier molecular flexibility index (Phi) is 3.19. The number of aromatic nitrogens is 1. The lowest BCUT2D eigenvalue weighted by molar-refractivity contribution is 0.577. The first-order valence-corrected chi connectivity index (χ1v) is 7.28. The highest BCUT2D eigenvalue weighted by molar-refractivity contribution is 7.14. The van der Waals surface area contributed by atoms with E-state index in [1.807, 2.05) is 24.3 Å². The minimum atomic E-state index is 0.799. The van der Waals surface area contributed by atoms with Crippen LogP contribution in [-0.2, 0) is 0 Å². The zero-order valence-corrected chi connectivity index (χ0v) is 11.1. The van der Waals surface area contributed by atoms with Crippen LogP contribution >= 0.6 is 11.3 Å². The molecule has 3 nitrogen and oxygen atoms in total. The third kappa shape index (κ3) is 2.20. The van der Waals surface area contributed by atoms with E-state index >= 15 is 0 Å². The smallest absolute Gasteiger partial charge is 0.185 e. The lowest BCUT2D eigenvalue weighted by atomic mass is 10.1. The Morgan fingerprint density at radius 1 is 1.11 bits per heavy atom. The van der Waals surface area contributed by atoms with Crippen molar-refractivity contribution in [3.05, 3.63) is 29.6 Å². The molecule has 94 valence electrons. The van der Waals surface area contributed by atoms with Gasteiger partial charge in [0.25, 0.3) is 0 Å². The number of piperidine rings is 1. The van der Waals surface area contributed by atoms with Gasteiger partial charge in [0.05, 0.1) is 5.69 Å². The molecule has 2 aromatic rings. The van der Waals surface area contributed by atoms with Crippen LogP contribution < -0.4 is 10.6 Å². The summed E-state index contributed by atoms with van der Waals surface area (Å²) in [5, 5.41) is 3.24. The average molecular weight is 259 g/mol. The number of para-hydroxylation sites is 1. The molecule has 0 aliphatic carbocycles. The monoisotopic (exact) mass is 259 g/mol. The van der Waals surface area contributed by atoms with Crippen molar-refractivity contribution >= 4 is 22.2 Å². The van der Waals surface area contributed by atoms with Crippen LogP contribution in [0.3, 0.4) is 0 Å². The summed E-state index contributed by atoms with van der Waals surface area (Å²) in [5.74, 6) is 0. The fourth-order valence-corrected chi connectivity index (χ4v) is 3.23. The number of thiazole rings is 1. The quantitative estimate of drug-likeness (QED) is 0.841. The van der Waals surface area contributed by atoms with Crippen LogP contribution in [0.15, 0.2) is 29.6 Å². The normalized spacial score (nSPS) is 15.9.